The second-order valence-corrected chi connectivity index (χ2v) is 5.44. The molecule has 0 saturated carbocycles. The summed E-state index contributed by atoms with van der Waals surface area (Å²) in [5, 5.41) is 2.94. The van der Waals surface area contributed by atoms with Crippen LogP contribution in [0, 0.1) is 0 Å². The van der Waals surface area contributed by atoms with E-state index in [2.05, 4.69) is 17.2 Å². The number of carbonyl (C=O) groups excluding carboxylic acids is 1. The van der Waals surface area contributed by atoms with Gasteiger partial charge >= 0.3 is 0 Å². The van der Waals surface area contributed by atoms with Crippen molar-refractivity contribution in [2.45, 2.75) is 38.6 Å². The molecular weight excluding hydrogens is 292 g/mol. The third kappa shape index (κ3) is 6.24. The van der Waals surface area contributed by atoms with Gasteiger partial charge in [-0.15, -0.1) is 0 Å². The molecule has 0 aliphatic heterocycles. The molecular formula is C18H24N2O3. The monoisotopic (exact) mass is 316 g/mol. The number of nitrogens with zero attached hydrogens (tertiary/aromatic N) is 1. The molecule has 5 heteroatoms. The number of carbonyl (C=O) groups is 1. The Morgan fingerprint density at radius 1 is 1.30 bits per heavy atom. The predicted molar refractivity (Wildman–Crippen MR) is 87.9 cm³/mol. The molecule has 0 aliphatic rings. The summed E-state index contributed by atoms with van der Waals surface area (Å²) >= 11 is 0. The van der Waals surface area contributed by atoms with Crippen molar-refractivity contribution in [3.63, 3.8) is 0 Å². The van der Waals surface area contributed by atoms with Crippen LogP contribution in [-0.2, 0) is 16.0 Å². The average molecular weight is 316 g/mol. The maximum atomic E-state index is 12.1. The van der Waals surface area contributed by atoms with Crippen LogP contribution in [0.3, 0.4) is 0 Å². The van der Waals surface area contributed by atoms with Crippen molar-refractivity contribution in [2.24, 2.45) is 0 Å². The Morgan fingerprint density at radius 3 is 2.83 bits per heavy atom. The first kappa shape index (κ1) is 17.2. The summed E-state index contributed by atoms with van der Waals surface area (Å²) < 4.78 is 10.8. The topological polar surface area (TPSA) is 64.4 Å². The van der Waals surface area contributed by atoms with Gasteiger partial charge in [-0.2, -0.15) is 0 Å². The molecule has 0 radical (unpaired) electrons. The summed E-state index contributed by atoms with van der Waals surface area (Å²) in [6, 6.07) is 9.65. The number of amides is 1. The molecule has 1 amide bonds. The summed E-state index contributed by atoms with van der Waals surface area (Å²) in [6.07, 6.45) is 6.97. The van der Waals surface area contributed by atoms with Crippen molar-refractivity contribution in [2.75, 3.05) is 13.2 Å². The number of ether oxygens (including phenoxy) is 1. The largest absolute Gasteiger partial charge is 0.447 e. The summed E-state index contributed by atoms with van der Waals surface area (Å²) in [4.78, 5) is 16.2. The van der Waals surface area contributed by atoms with E-state index in [1.807, 2.05) is 30.3 Å². The lowest BCUT2D eigenvalue weighted by atomic mass is 10.1. The van der Waals surface area contributed by atoms with E-state index in [0.29, 0.717) is 18.9 Å². The molecule has 5 nitrogen and oxygen atoms in total. The van der Waals surface area contributed by atoms with Gasteiger partial charge in [-0.05, 0) is 12.0 Å². The molecule has 0 spiro atoms. The van der Waals surface area contributed by atoms with Gasteiger partial charge in [-0.25, -0.2) is 4.98 Å². The maximum Gasteiger partial charge on any atom is 0.246 e. The SMILES string of the molecule is CCCCCOCC(=O)NC(Cc1ccccc1)c1ncco1. The van der Waals surface area contributed by atoms with E-state index >= 15 is 0 Å². The van der Waals surface area contributed by atoms with E-state index in [-0.39, 0.29) is 18.6 Å². The van der Waals surface area contributed by atoms with E-state index in [1.165, 1.54) is 6.26 Å². The summed E-state index contributed by atoms with van der Waals surface area (Å²) in [5.41, 5.74) is 1.11. The molecule has 1 aromatic carbocycles. The summed E-state index contributed by atoms with van der Waals surface area (Å²) in [6.45, 7) is 2.82. The van der Waals surface area contributed by atoms with Crippen molar-refractivity contribution in [1.29, 1.82) is 0 Å². The minimum Gasteiger partial charge on any atom is -0.447 e. The van der Waals surface area contributed by atoms with Crippen LogP contribution in [0.25, 0.3) is 0 Å². The zero-order chi connectivity index (χ0) is 16.3. The number of benzene rings is 1. The number of aromatic nitrogens is 1. The van der Waals surface area contributed by atoms with E-state index in [0.717, 1.165) is 24.8 Å². The normalized spacial score (nSPS) is 12.0. The number of unbranched alkanes of at least 4 members (excludes halogenated alkanes) is 2. The number of oxazole rings is 1. The molecule has 1 atom stereocenters. The van der Waals surface area contributed by atoms with Crippen LogP contribution >= 0.6 is 0 Å². The minimum atomic E-state index is -0.292. The Morgan fingerprint density at radius 2 is 2.13 bits per heavy atom. The van der Waals surface area contributed by atoms with Crippen molar-refractivity contribution < 1.29 is 13.9 Å². The summed E-state index contributed by atoms with van der Waals surface area (Å²) in [5.74, 6) is 0.355. The Hall–Kier alpha value is -2.14. The first-order chi connectivity index (χ1) is 11.3. The highest BCUT2D eigenvalue weighted by Gasteiger charge is 2.19. The fourth-order valence-electron chi connectivity index (χ4n) is 2.31. The molecule has 0 bridgehead atoms. The lowest BCUT2D eigenvalue weighted by Crippen LogP contribution is -2.33. The zero-order valence-corrected chi connectivity index (χ0v) is 13.5. The number of rotatable bonds is 10. The van der Waals surface area contributed by atoms with E-state index in [4.69, 9.17) is 9.15 Å². The summed E-state index contributed by atoms with van der Waals surface area (Å²) in [7, 11) is 0. The van der Waals surface area contributed by atoms with Crippen LogP contribution in [0.15, 0.2) is 47.2 Å². The van der Waals surface area contributed by atoms with Gasteiger partial charge in [-0.1, -0.05) is 50.1 Å². The van der Waals surface area contributed by atoms with Gasteiger partial charge in [0, 0.05) is 13.0 Å². The highest BCUT2D eigenvalue weighted by atomic mass is 16.5. The number of nitrogens with one attached hydrogen (secondary N) is 1. The van der Waals surface area contributed by atoms with Gasteiger partial charge < -0.3 is 14.5 Å². The van der Waals surface area contributed by atoms with Crippen molar-refractivity contribution >= 4 is 5.91 Å². The second kappa shape index (κ2) is 9.79. The molecule has 0 fully saturated rings. The molecule has 1 unspecified atom stereocenters. The van der Waals surface area contributed by atoms with E-state index in [1.54, 1.807) is 6.20 Å². The quantitative estimate of drug-likeness (QED) is 0.683. The standard InChI is InChI=1S/C18H24N2O3/c1-2-3-7-11-22-14-17(21)20-16(18-19-10-12-23-18)13-15-8-5-4-6-9-15/h4-6,8-10,12,16H,2-3,7,11,13-14H2,1H3,(H,20,21). The maximum absolute atomic E-state index is 12.1. The first-order valence-electron chi connectivity index (χ1n) is 8.10. The van der Waals surface area contributed by atoms with Crippen LogP contribution in [0.4, 0.5) is 0 Å². The minimum absolute atomic E-state index is 0.0652. The third-order valence-corrected chi connectivity index (χ3v) is 3.49. The lowest BCUT2D eigenvalue weighted by Gasteiger charge is -2.16. The smallest absolute Gasteiger partial charge is 0.246 e. The van der Waals surface area contributed by atoms with Gasteiger partial charge in [0.2, 0.25) is 11.8 Å². The van der Waals surface area contributed by atoms with Crippen LogP contribution < -0.4 is 5.32 Å². The molecule has 2 rings (SSSR count). The highest BCUT2D eigenvalue weighted by Crippen LogP contribution is 2.16. The van der Waals surface area contributed by atoms with Crippen LogP contribution in [0.2, 0.25) is 0 Å². The molecule has 1 heterocycles. The van der Waals surface area contributed by atoms with Gasteiger partial charge in [0.25, 0.3) is 0 Å². The molecule has 2 aromatic rings. The zero-order valence-electron chi connectivity index (χ0n) is 13.5. The van der Waals surface area contributed by atoms with E-state index in [9.17, 15) is 4.79 Å². The second-order valence-electron chi connectivity index (χ2n) is 5.44. The van der Waals surface area contributed by atoms with Crippen LogP contribution in [0.1, 0.15) is 43.7 Å². The Labute approximate surface area is 137 Å². The van der Waals surface area contributed by atoms with Gasteiger partial charge in [0.15, 0.2) is 0 Å². The molecule has 23 heavy (non-hydrogen) atoms. The third-order valence-electron chi connectivity index (χ3n) is 3.49. The number of hydrogen-bond acceptors (Lipinski definition) is 4. The molecule has 1 N–H and O–H groups in total. The average Bonchev–Trinajstić information content (AvgIpc) is 3.09. The first-order valence-corrected chi connectivity index (χ1v) is 8.10. The highest BCUT2D eigenvalue weighted by molar-refractivity contribution is 5.77. The van der Waals surface area contributed by atoms with Gasteiger partial charge in [0.1, 0.15) is 18.9 Å². The molecule has 0 saturated heterocycles. The lowest BCUT2D eigenvalue weighted by molar-refractivity contribution is -0.126. The Balaban J connectivity index is 1.86. The van der Waals surface area contributed by atoms with Gasteiger partial charge in [0.05, 0.1) is 6.20 Å². The number of hydrogen-bond donors (Lipinski definition) is 1. The van der Waals surface area contributed by atoms with Crippen LogP contribution in [0.5, 0.6) is 0 Å². The van der Waals surface area contributed by atoms with Crippen molar-refractivity contribution in [3.05, 3.63) is 54.2 Å². The fraction of sp³-hybridized carbons (Fsp3) is 0.444. The molecule has 1 aromatic heterocycles. The molecule has 0 aliphatic carbocycles. The molecule has 124 valence electrons. The van der Waals surface area contributed by atoms with Crippen molar-refractivity contribution in [3.8, 4) is 0 Å². The predicted octanol–water partition coefficient (Wildman–Crippen LogP) is 3.28. The van der Waals surface area contributed by atoms with E-state index < -0.39 is 0 Å². The Bertz CT molecular complexity index is 555. The van der Waals surface area contributed by atoms with Crippen LogP contribution in [-0.4, -0.2) is 24.1 Å². The van der Waals surface area contributed by atoms with Crippen molar-refractivity contribution in [1.82, 2.24) is 10.3 Å². The van der Waals surface area contributed by atoms with Gasteiger partial charge in [-0.3, -0.25) is 4.79 Å². The Kier molecular flexibility index (Phi) is 7.33. The fourth-order valence-corrected chi connectivity index (χ4v) is 2.31.